The maximum absolute atomic E-state index is 12.8. The Kier molecular flexibility index (Phi) is 5.90. The van der Waals surface area contributed by atoms with Crippen LogP contribution in [0.4, 0.5) is 0 Å². The van der Waals surface area contributed by atoms with E-state index in [4.69, 9.17) is 9.47 Å². The van der Waals surface area contributed by atoms with Crippen molar-refractivity contribution in [3.05, 3.63) is 46.7 Å². The third-order valence-corrected chi connectivity index (χ3v) is 4.77. The smallest absolute Gasteiger partial charge is 0.273 e. The van der Waals surface area contributed by atoms with Crippen molar-refractivity contribution >= 4 is 17.2 Å². The Labute approximate surface area is 145 Å². The maximum atomic E-state index is 12.8. The van der Waals surface area contributed by atoms with Crippen molar-refractivity contribution in [2.45, 2.75) is 25.0 Å². The van der Waals surface area contributed by atoms with Crippen LogP contribution < -0.4 is 0 Å². The van der Waals surface area contributed by atoms with E-state index in [1.807, 2.05) is 23.2 Å². The zero-order valence-electron chi connectivity index (χ0n) is 13.6. The van der Waals surface area contributed by atoms with Crippen molar-refractivity contribution in [3.8, 4) is 0 Å². The summed E-state index contributed by atoms with van der Waals surface area (Å²) in [5.74, 6) is -0.0250. The Morgan fingerprint density at radius 3 is 3.08 bits per heavy atom. The second-order valence-corrected chi connectivity index (χ2v) is 6.41. The van der Waals surface area contributed by atoms with Crippen LogP contribution in [-0.2, 0) is 15.9 Å². The first-order valence-electron chi connectivity index (χ1n) is 7.98. The number of rotatable bonds is 7. The van der Waals surface area contributed by atoms with Gasteiger partial charge in [0.2, 0.25) is 0 Å². The lowest BCUT2D eigenvalue weighted by atomic mass is 10.0. The zero-order valence-corrected chi connectivity index (χ0v) is 14.4. The molecule has 0 bridgehead atoms. The van der Waals surface area contributed by atoms with Crippen molar-refractivity contribution in [3.63, 3.8) is 0 Å². The number of amides is 1. The number of methoxy groups -OCH3 is 1. The van der Waals surface area contributed by atoms with Crippen molar-refractivity contribution in [2.75, 3.05) is 26.9 Å². The third kappa shape index (κ3) is 3.98. The van der Waals surface area contributed by atoms with Crippen molar-refractivity contribution < 1.29 is 14.3 Å². The Morgan fingerprint density at radius 1 is 1.46 bits per heavy atom. The van der Waals surface area contributed by atoms with Crippen LogP contribution in [0.15, 0.2) is 35.4 Å². The molecule has 7 heteroatoms. The molecule has 6 nitrogen and oxygen atoms in total. The van der Waals surface area contributed by atoms with Crippen LogP contribution >= 0.6 is 11.3 Å². The van der Waals surface area contributed by atoms with Gasteiger partial charge in [-0.15, -0.1) is 11.3 Å². The molecule has 0 unspecified atom stereocenters. The van der Waals surface area contributed by atoms with Gasteiger partial charge in [0.05, 0.1) is 30.9 Å². The summed E-state index contributed by atoms with van der Waals surface area (Å²) >= 11 is 1.43. The Hall–Kier alpha value is -1.83. The van der Waals surface area contributed by atoms with E-state index in [1.54, 1.807) is 24.2 Å². The highest BCUT2D eigenvalue weighted by Gasteiger charge is 2.38. The summed E-state index contributed by atoms with van der Waals surface area (Å²) in [5.41, 5.74) is 3.29. The summed E-state index contributed by atoms with van der Waals surface area (Å²) in [6, 6.07) is 3.93. The standard InChI is InChI=1S/C17H21N3O3S/c1-22-7-8-23-16-4-6-20(17(21)14-11-24-12-19-14)15(16)9-13-3-2-5-18-10-13/h2-3,5,10-12,15-16H,4,6-9H2,1H3/t15-,16-/m0/s1. The molecule has 1 aliphatic rings. The van der Waals surface area contributed by atoms with Gasteiger partial charge in [-0.2, -0.15) is 0 Å². The average molecular weight is 347 g/mol. The van der Waals surface area contributed by atoms with Gasteiger partial charge in [0.25, 0.3) is 5.91 Å². The molecule has 3 rings (SSSR count). The fraction of sp³-hybridized carbons (Fsp3) is 0.471. The number of carbonyl (C=O) groups is 1. The fourth-order valence-electron chi connectivity index (χ4n) is 3.02. The van der Waals surface area contributed by atoms with Gasteiger partial charge < -0.3 is 14.4 Å². The Balaban J connectivity index is 1.75. The van der Waals surface area contributed by atoms with Crippen molar-refractivity contribution in [1.82, 2.24) is 14.9 Å². The molecule has 0 radical (unpaired) electrons. The van der Waals surface area contributed by atoms with Crippen LogP contribution in [0.5, 0.6) is 0 Å². The zero-order chi connectivity index (χ0) is 16.8. The molecule has 128 valence electrons. The monoisotopic (exact) mass is 347 g/mol. The molecule has 2 aromatic rings. The van der Waals surface area contributed by atoms with Gasteiger partial charge in [-0.3, -0.25) is 9.78 Å². The summed E-state index contributed by atoms with van der Waals surface area (Å²) in [4.78, 5) is 23.0. The third-order valence-electron chi connectivity index (χ3n) is 4.18. The summed E-state index contributed by atoms with van der Waals surface area (Å²) in [6.07, 6.45) is 5.15. The van der Waals surface area contributed by atoms with Gasteiger partial charge in [0.1, 0.15) is 5.69 Å². The molecule has 0 saturated carbocycles. The predicted molar refractivity (Wildman–Crippen MR) is 91.1 cm³/mol. The Morgan fingerprint density at radius 2 is 2.38 bits per heavy atom. The predicted octanol–water partition coefficient (Wildman–Crippen LogP) is 2.03. The molecular formula is C17H21N3O3S. The minimum atomic E-state index is -0.0250. The molecule has 2 aromatic heterocycles. The van der Waals surface area contributed by atoms with E-state index in [9.17, 15) is 4.79 Å². The molecule has 1 saturated heterocycles. The molecule has 0 aromatic carbocycles. The average Bonchev–Trinajstić information content (AvgIpc) is 3.26. The molecule has 24 heavy (non-hydrogen) atoms. The molecule has 0 spiro atoms. The minimum absolute atomic E-state index is 0.00272. The SMILES string of the molecule is COCCO[C@H]1CCN(C(=O)c2cscn2)[C@H]1Cc1cccnc1. The van der Waals surface area contributed by atoms with Gasteiger partial charge in [-0.05, 0) is 24.5 Å². The van der Waals surface area contributed by atoms with E-state index >= 15 is 0 Å². The van der Waals surface area contributed by atoms with Crippen LogP contribution in [0.25, 0.3) is 0 Å². The van der Waals surface area contributed by atoms with Crippen molar-refractivity contribution in [1.29, 1.82) is 0 Å². The minimum Gasteiger partial charge on any atom is -0.382 e. The van der Waals surface area contributed by atoms with Crippen molar-refractivity contribution in [2.24, 2.45) is 0 Å². The van der Waals surface area contributed by atoms with Crippen LogP contribution in [-0.4, -0.2) is 59.8 Å². The lowest BCUT2D eigenvalue weighted by Gasteiger charge is -2.28. The highest BCUT2D eigenvalue weighted by atomic mass is 32.1. The molecule has 3 heterocycles. The highest BCUT2D eigenvalue weighted by molar-refractivity contribution is 7.07. The van der Waals surface area contributed by atoms with Gasteiger partial charge >= 0.3 is 0 Å². The Bertz CT molecular complexity index is 636. The number of pyridine rings is 1. The number of hydrogen-bond donors (Lipinski definition) is 0. The first-order chi connectivity index (χ1) is 11.8. The largest absolute Gasteiger partial charge is 0.382 e. The van der Waals surface area contributed by atoms with Crippen LogP contribution in [0.2, 0.25) is 0 Å². The first-order valence-corrected chi connectivity index (χ1v) is 8.92. The number of ether oxygens (including phenoxy) is 2. The van der Waals surface area contributed by atoms with Crippen LogP contribution in [0, 0.1) is 0 Å². The molecule has 1 amide bonds. The summed E-state index contributed by atoms with van der Waals surface area (Å²) in [6.45, 7) is 1.76. The highest BCUT2D eigenvalue weighted by Crippen LogP contribution is 2.26. The molecule has 1 fully saturated rings. The van der Waals surface area contributed by atoms with E-state index in [1.165, 1.54) is 11.3 Å². The molecule has 2 atom stereocenters. The summed E-state index contributed by atoms with van der Waals surface area (Å²) in [5, 5.41) is 1.79. The van der Waals surface area contributed by atoms with Gasteiger partial charge in [0, 0.05) is 31.4 Å². The molecule has 0 aliphatic carbocycles. The molecular weight excluding hydrogens is 326 g/mol. The van der Waals surface area contributed by atoms with E-state index in [-0.39, 0.29) is 18.1 Å². The fourth-order valence-corrected chi connectivity index (χ4v) is 3.55. The van der Waals surface area contributed by atoms with E-state index in [0.29, 0.717) is 25.5 Å². The lowest BCUT2D eigenvalue weighted by Crippen LogP contribution is -2.42. The quantitative estimate of drug-likeness (QED) is 0.717. The normalized spacial score (nSPS) is 20.5. The molecule has 1 aliphatic heterocycles. The number of nitrogens with zero attached hydrogens (tertiary/aromatic N) is 3. The maximum Gasteiger partial charge on any atom is 0.273 e. The van der Waals surface area contributed by atoms with Crippen LogP contribution in [0.3, 0.4) is 0 Å². The number of likely N-dealkylation sites (tertiary alicyclic amines) is 1. The second kappa shape index (κ2) is 8.32. The second-order valence-electron chi connectivity index (χ2n) is 5.70. The van der Waals surface area contributed by atoms with E-state index in [0.717, 1.165) is 18.4 Å². The van der Waals surface area contributed by atoms with Gasteiger partial charge in [-0.25, -0.2) is 4.98 Å². The summed E-state index contributed by atoms with van der Waals surface area (Å²) < 4.78 is 11.0. The first kappa shape index (κ1) is 17.0. The van der Waals surface area contributed by atoms with Gasteiger partial charge in [0.15, 0.2) is 0 Å². The van der Waals surface area contributed by atoms with E-state index < -0.39 is 0 Å². The van der Waals surface area contributed by atoms with Gasteiger partial charge in [-0.1, -0.05) is 6.07 Å². The van der Waals surface area contributed by atoms with Crippen LogP contribution in [0.1, 0.15) is 22.5 Å². The lowest BCUT2D eigenvalue weighted by molar-refractivity contribution is 0.000416. The number of thiazole rings is 1. The number of carbonyl (C=O) groups excluding carboxylic acids is 1. The number of aromatic nitrogens is 2. The number of hydrogen-bond acceptors (Lipinski definition) is 6. The van der Waals surface area contributed by atoms with E-state index in [2.05, 4.69) is 9.97 Å². The molecule has 0 N–H and O–H groups in total. The summed E-state index contributed by atoms with van der Waals surface area (Å²) in [7, 11) is 1.66. The topological polar surface area (TPSA) is 64.6 Å².